The highest BCUT2D eigenvalue weighted by Crippen LogP contribution is 2.37. The summed E-state index contributed by atoms with van der Waals surface area (Å²) in [6, 6.07) is 12.4. The predicted molar refractivity (Wildman–Crippen MR) is 108 cm³/mol. The summed E-state index contributed by atoms with van der Waals surface area (Å²) in [4.78, 5) is 24.6. The SMILES string of the molecule is COc1ccc(C(=O)OC[C@H]2SC(O)[C@@H](F)[C@@H]2OC(=O)c2ccc(OC)cc2)cc1. The minimum atomic E-state index is -1.80. The molecule has 2 aromatic carbocycles. The highest BCUT2D eigenvalue weighted by atomic mass is 32.2. The number of thioether (sulfide) groups is 1. The van der Waals surface area contributed by atoms with Gasteiger partial charge in [-0.1, -0.05) is 0 Å². The second kappa shape index (κ2) is 9.82. The third-order valence-electron chi connectivity index (χ3n) is 4.54. The van der Waals surface area contributed by atoms with Gasteiger partial charge in [-0.25, -0.2) is 14.0 Å². The molecule has 1 saturated heterocycles. The zero-order valence-electron chi connectivity index (χ0n) is 16.3. The first-order valence-corrected chi connectivity index (χ1v) is 10.0. The van der Waals surface area contributed by atoms with Gasteiger partial charge in [-0.3, -0.25) is 0 Å². The monoisotopic (exact) mass is 436 g/mol. The Labute approximate surface area is 177 Å². The van der Waals surface area contributed by atoms with E-state index in [0.717, 1.165) is 11.8 Å². The van der Waals surface area contributed by atoms with Crippen LogP contribution in [0, 0.1) is 0 Å². The van der Waals surface area contributed by atoms with Crippen molar-refractivity contribution in [2.45, 2.75) is 23.0 Å². The zero-order valence-corrected chi connectivity index (χ0v) is 17.1. The Bertz CT molecular complexity index is 872. The first-order valence-electron chi connectivity index (χ1n) is 9.06. The van der Waals surface area contributed by atoms with Crippen LogP contribution in [0.25, 0.3) is 0 Å². The van der Waals surface area contributed by atoms with Gasteiger partial charge in [0, 0.05) is 0 Å². The molecule has 2 aromatic rings. The Balaban J connectivity index is 1.62. The minimum absolute atomic E-state index is 0.211. The maximum Gasteiger partial charge on any atom is 0.338 e. The quantitative estimate of drug-likeness (QED) is 0.663. The molecule has 4 atom stereocenters. The number of halogens is 1. The number of aliphatic hydroxyl groups excluding tert-OH is 1. The van der Waals surface area contributed by atoms with E-state index in [0.29, 0.717) is 17.1 Å². The first-order chi connectivity index (χ1) is 14.4. The fourth-order valence-corrected chi connectivity index (χ4v) is 4.03. The molecule has 160 valence electrons. The van der Waals surface area contributed by atoms with Gasteiger partial charge >= 0.3 is 11.9 Å². The molecular formula is C21H21FO7S. The Morgan fingerprint density at radius 1 is 0.933 bits per heavy atom. The standard InChI is InChI=1S/C21H21FO7S/c1-26-14-7-3-12(4-8-14)19(23)28-11-16-18(17(22)21(25)30-16)29-20(24)13-5-9-15(27-2)10-6-13/h3-10,16-18,21,25H,11H2,1-2H3/t16-,17+,18-,21?/m1/s1. The number of benzene rings is 2. The van der Waals surface area contributed by atoms with Crippen molar-refractivity contribution in [1.82, 2.24) is 0 Å². The molecule has 0 amide bonds. The summed E-state index contributed by atoms with van der Waals surface area (Å²) in [6.07, 6.45) is -3.06. The number of alkyl halides is 1. The number of hydrogen-bond donors (Lipinski definition) is 1. The molecular weight excluding hydrogens is 415 g/mol. The van der Waals surface area contributed by atoms with Gasteiger partial charge in [-0.05, 0) is 48.5 Å². The van der Waals surface area contributed by atoms with E-state index in [-0.39, 0.29) is 12.2 Å². The van der Waals surface area contributed by atoms with E-state index in [1.165, 1.54) is 38.5 Å². The van der Waals surface area contributed by atoms with Gasteiger partial charge in [-0.15, -0.1) is 11.8 Å². The van der Waals surface area contributed by atoms with Gasteiger partial charge in [0.05, 0.1) is 30.6 Å². The highest BCUT2D eigenvalue weighted by molar-refractivity contribution is 8.00. The molecule has 0 aromatic heterocycles. The van der Waals surface area contributed by atoms with Gasteiger partial charge in [0.15, 0.2) is 12.3 Å². The molecule has 0 bridgehead atoms. The van der Waals surface area contributed by atoms with E-state index in [9.17, 15) is 19.1 Å². The fourth-order valence-electron chi connectivity index (χ4n) is 2.86. The Kier molecular flexibility index (Phi) is 7.17. The highest BCUT2D eigenvalue weighted by Gasteiger charge is 2.47. The van der Waals surface area contributed by atoms with Gasteiger partial charge in [-0.2, -0.15) is 0 Å². The maximum atomic E-state index is 14.4. The van der Waals surface area contributed by atoms with E-state index in [2.05, 4.69) is 0 Å². The van der Waals surface area contributed by atoms with Gasteiger partial charge in [0.25, 0.3) is 0 Å². The van der Waals surface area contributed by atoms with E-state index in [4.69, 9.17) is 18.9 Å². The van der Waals surface area contributed by atoms with Crippen molar-refractivity contribution in [2.75, 3.05) is 20.8 Å². The lowest BCUT2D eigenvalue weighted by molar-refractivity contribution is -0.0112. The normalized spacial score (nSPS) is 22.9. The molecule has 3 rings (SSSR count). The smallest absolute Gasteiger partial charge is 0.338 e. The van der Waals surface area contributed by atoms with Crippen molar-refractivity contribution >= 4 is 23.7 Å². The molecule has 0 aliphatic carbocycles. The number of carbonyl (C=O) groups excluding carboxylic acids is 2. The summed E-state index contributed by atoms with van der Waals surface area (Å²) in [6.45, 7) is -0.229. The average molecular weight is 436 g/mol. The van der Waals surface area contributed by atoms with Crippen LogP contribution in [0.4, 0.5) is 4.39 Å². The molecule has 0 radical (unpaired) electrons. The minimum Gasteiger partial charge on any atom is -0.497 e. The van der Waals surface area contributed by atoms with Crippen LogP contribution < -0.4 is 9.47 Å². The van der Waals surface area contributed by atoms with Crippen molar-refractivity contribution in [3.05, 3.63) is 59.7 Å². The van der Waals surface area contributed by atoms with Crippen molar-refractivity contribution in [3.63, 3.8) is 0 Å². The van der Waals surface area contributed by atoms with Crippen molar-refractivity contribution in [3.8, 4) is 11.5 Å². The van der Waals surface area contributed by atoms with E-state index < -0.39 is 34.9 Å². The zero-order chi connectivity index (χ0) is 21.7. The summed E-state index contributed by atoms with van der Waals surface area (Å²) < 4.78 is 35.0. The molecule has 0 spiro atoms. The molecule has 1 N–H and O–H groups in total. The molecule has 1 aliphatic heterocycles. The van der Waals surface area contributed by atoms with Crippen molar-refractivity contribution in [2.24, 2.45) is 0 Å². The number of hydrogen-bond acceptors (Lipinski definition) is 8. The van der Waals surface area contributed by atoms with Crippen LogP contribution in [-0.4, -0.2) is 60.8 Å². The second-order valence-electron chi connectivity index (χ2n) is 6.43. The molecule has 1 fully saturated rings. The third kappa shape index (κ3) is 5.03. The second-order valence-corrected chi connectivity index (χ2v) is 7.80. The largest absolute Gasteiger partial charge is 0.497 e. The van der Waals surface area contributed by atoms with Crippen LogP contribution in [0.2, 0.25) is 0 Å². The van der Waals surface area contributed by atoms with Crippen LogP contribution in [0.5, 0.6) is 11.5 Å². The summed E-state index contributed by atoms with van der Waals surface area (Å²) in [7, 11) is 3.01. The Hall–Kier alpha value is -2.78. The van der Waals surface area contributed by atoms with Crippen LogP contribution in [0.3, 0.4) is 0 Å². The van der Waals surface area contributed by atoms with Crippen LogP contribution in [-0.2, 0) is 9.47 Å². The fraction of sp³-hybridized carbons (Fsp3) is 0.333. The number of aliphatic hydroxyl groups is 1. The number of methoxy groups -OCH3 is 2. The van der Waals surface area contributed by atoms with E-state index in [1.807, 2.05) is 0 Å². The first kappa shape index (κ1) is 21.9. The van der Waals surface area contributed by atoms with Gasteiger partial charge < -0.3 is 24.1 Å². The van der Waals surface area contributed by atoms with Crippen molar-refractivity contribution < 1.29 is 38.0 Å². The number of rotatable bonds is 7. The third-order valence-corrected chi connectivity index (χ3v) is 5.83. The molecule has 0 saturated carbocycles. The summed E-state index contributed by atoms with van der Waals surface area (Å²) in [5.41, 5.74) is -0.880. The van der Waals surface area contributed by atoms with Crippen LogP contribution in [0.1, 0.15) is 20.7 Å². The van der Waals surface area contributed by atoms with Gasteiger partial charge in [0.1, 0.15) is 23.5 Å². The Morgan fingerprint density at radius 3 is 1.93 bits per heavy atom. The van der Waals surface area contributed by atoms with Crippen molar-refractivity contribution in [1.29, 1.82) is 0 Å². The topological polar surface area (TPSA) is 91.3 Å². The lowest BCUT2D eigenvalue weighted by atomic mass is 10.1. The molecule has 1 unspecified atom stereocenters. The predicted octanol–water partition coefficient (Wildman–Crippen LogP) is 2.86. The summed E-state index contributed by atoms with van der Waals surface area (Å²) >= 11 is 0.854. The number of carbonyl (C=O) groups is 2. The van der Waals surface area contributed by atoms with E-state index in [1.54, 1.807) is 24.3 Å². The number of ether oxygens (including phenoxy) is 4. The van der Waals surface area contributed by atoms with Gasteiger partial charge in [0.2, 0.25) is 0 Å². The lowest BCUT2D eigenvalue weighted by Crippen LogP contribution is -2.36. The van der Waals surface area contributed by atoms with Crippen LogP contribution in [0.15, 0.2) is 48.5 Å². The Morgan fingerprint density at radius 2 is 1.43 bits per heavy atom. The summed E-state index contributed by atoms with van der Waals surface area (Å²) in [5.74, 6) is -0.210. The molecule has 7 nitrogen and oxygen atoms in total. The molecule has 30 heavy (non-hydrogen) atoms. The summed E-state index contributed by atoms with van der Waals surface area (Å²) in [5, 5.41) is 9.11. The molecule has 9 heteroatoms. The molecule has 1 heterocycles. The lowest BCUT2D eigenvalue weighted by Gasteiger charge is -2.20. The molecule has 1 aliphatic rings. The maximum absolute atomic E-state index is 14.4. The number of esters is 2. The van der Waals surface area contributed by atoms with Crippen LogP contribution >= 0.6 is 11.8 Å². The average Bonchev–Trinajstić information content (AvgIpc) is 3.05. The van der Waals surface area contributed by atoms with E-state index >= 15 is 0 Å².